The van der Waals surface area contributed by atoms with E-state index in [2.05, 4.69) is 60.2 Å². The molecule has 64 heavy (non-hydrogen) atoms. The second-order valence-corrected chi connectivity index (χ2v) is 12.4. The number of H-pyrrole nitrogens is 3. The van der Waals surface area contributed by atoms with E-state index >= 15 is 0 Å². The molecule has 0 spiro atoms. The minimum atomic E-state index is -4.57. The second-order valence-electron chi connectivity index (χ2n) is 12.4. The smallest absolute Gasteiger partial charge is 0.255 e. The molecule has 9 aromatic rings. The first-order valence-electron chi connectivity index (χ1n) is 17.8. The van der Waals surface area contributed by atoms with Gasteiger partial charge in [0.25, 0.3) is 0 Å². The number of halogens is 9. The minimum Gasteiger partial charge on any atom is -0.255 e. The fourth-order valence-corrected chi connectivity index (χ4v) is 5.16. The van der Waals surface area contributed by atoms with Crippen LogP contribution in [0.15, 0.2) is 128 Å². The van der Waals surface area contributed by atoms with E-state index in [-0.39, 0.29) is 71.4 Å². The number of aromatic nitrogens is 15. The Kier molecular flexibility index (Phi) is 14.5. The van der Waals surface area contributed by atoms with Gasteiger partial charge in [0.1, 0.15) is 17.1 Å². The first-order chi connectivity index (χ1) is 30.1. The molecule has 0 aromatic carbocycles. The van der Waals surface area contributed by atoms with E-state index < -0.39 is 36.0 Å². The minimum absolute atomic E-state index is 0. The maximum Gasteiger partial charge on any atom is 0.451 e. The molecule has 25 heteroatoms. The summed E-state index contributed by atoms with van der Waals surface area (Å²) in [4.78, 5) is 35.3. The van der Waals surface area contributed by atoms with Crippen molar-refractivity contribution < 1.29 is 76.4 Å². The third kappa shape index (κ3) is 11.9. The molecule has 0 aliphatic rings. The van der Waals surface area contributed by atoms with E-state index in [0.717, 1.165) is 0 Å². The normalized spacial score (nSPS) is 11.4. The standard InChI is InChI=1S/3C13H8F3N5.Tm/c3*14-13(15,16)12-19-11(20-21-12)10-6-3-5-9(18-10)8-4-1-2-7-17-8;/h3*1-7H,(H,19,20,21);. The zero-order chi connectivity index (χ0) is 44.6. The summed E-state index contributed by atoms with van der Waals surface area (Å²) in [6.07, 6.45) is -8.87. The topological polar surface area (TPSA) is 202 Å². The first kappa shape index (κ1) is 46.4. The molecule has 0 atom stereocenters. The van der Waals surface area contributed by atoms with Gasteiger partial charge in [-0.2, -0.15) is 54.8 Å². The molecule has 9 heterocycles. The summed E-state index contributed by atoms with van der Waals surface area (Å²) in [6.45, 7) is 0. The molecule has 0 bridgehead atoms. The van der Waals surface area contributed by atoms with Crippen molar-refractivity contribution in [1.82, 2.24) is 75.4 Å². The SMILES string of the molecule is FC(F)(F)c1nc(-c2cccc(-c3ccccn3)n2)n[nH]1.FC(F)(F)c1nc(-c2cccc(-c3ccccn3)n2)n[nH]1.FC(F)(F)c1nc(-c2cccc(-c3ccccn3)n2)n[nH]1.[Tm]. The molecule has 0 fully saturated rings. The maximum atomic E-state index is 12.5. The van der Waals surface area contributed by atoms with Crippen LogP contribution in [0.4, 0.5) is 39.5 Å². The van der Waals surface area contributed by atoms with Crippen LogP contribution in [0, 0.1) is 36.9 Å². The van der Waals surface area contributed by atoms with Crippen molar-refractivity contribution in [2.24, 2.45) is 0 Å². The Labute approximate surface area is 382 Å². The Morgan fingerprint density at radius 2 is 0.547 bits per heavy atom. The predicted octanol–water partition coefficient (Wildman–Crippen LogP) is 8.84. The van der Waals surface area contributed by atoms with Crippen molar-refractivity contribution in [3.63, 3.8) is 0 Å². The van der Waals surface area contributed by atoms with Gasteiger partial charge >= 0.3 is 18.5 Å². The monoisotopic (exact) mass is 1040 g/mol. The molecular formula is C39H24F9N15Tm. The van der Waals surface area contributed by atoms with Crippen LogP contribution in [-0.2, 0) is 18.5 Å². The number of aromatic amines is 3. The van der Waals surface area contributed by atoms with Crippen molar-refractivity contribution in [3.8, 4) is 68.7 Å². The van der Waals surface area contributed by atoms with Crippen molar-refractivity contribution in [2.45, 2.75) is 18.5 Å². The van der Waals surface area contributed by atoms with E-state index in [1.54, 1.807) is 110 Å². The molecule has 331 valence electrons. The molecule has 0 amide bonds. The fraction of sp³-hybridized carbons (Fsp3) is 0.0769. The van der Waals surface area contributed by atoms with Crippen LogP contribution in [0.3, 0.4) is 0 Å². The van der Waals surface area contributed by atoms with E-state index in [9.17, 15) is 39.5 Å². The van der Waals surface area contributed by atoms with Crippen LogP contribution in [-0.4, -0.2) is 75.4 Å². The summed E-state index contributed by atoms with van der Waals surface area (Å²) in [5, 5.41) is 16.2. The van der Waals surface area contributed by atoms with Gasteiger partial charge in [0.2, 0.25) is 17.5 Å². The Morgan fingerprint density at radius 1 is 0.297 bits per heavy atom. The molecule has 0 unspecified atom stereocenters. The summed E-state index contributed by atoms with van der Waals surface area (Å²) >= 11 is 0. The zero-order valence-corrected chi connectivity index (χ0v) is 33.4. The molecule has 0 saturated carbocycles. The van der Waals surface area contributed by atoms with Crippen molar-refractivity contribution in [1.29, 1.82) is 0 Å². The molecule has 1 radical (unpaired) electrons. The van der Waals surface area contributed by atoms with E-state index in [1.807, 2.05) is 15.3 Å². The molecule has 9 aromatic heterocycles. The van der Waals surface area contributed by atoms with E-state index in [4.69, 9.17) is 0 Å². The molecule has 9 rings (SSSR count). The Hall–Kier alpha value is -7.08. The number of nitrogens with zero attached hydrogens (tertiary/aromatic N) is 12. The third-order valence-corrected chi connectivity index (χ3v) is 7.98. The van der Waals surface area contributed by atoms with Gasteiger partial charge in [0, 0.05) is 55.5 Å². The number of nitrogens with one attached hydrogen (secondary N) is 3. The summed E-state index contributed by atoms with van der Waals surface area (Å²) in [5.41, 5.74) is 4.17. The van der Waals surface area contributed by atoms with Gasteiger partial charge in [-0.05, 0) is 72.8 Å². The Bertz CT molecular complexity index is 2570. The number of alkyl halides is 9. The summed E-state index contributed by atoms with van der Waals surface area (Å²) in [5.74, 6) is -3.78. The Morgan fingerprint density at radius 3 is 0.766 bits per heavy atom. The third-order valence-electron chi connectivity index (χ3n) is 7.98. The fourth-order valence-electron chi connectivity index (χ4n) is 5.16. The van der Waals surface area contributed by atoms with Crippen LogP contribution >= 0.6 is 0 Å². The summed E-state index contributed by atoms with van der Waals surface area (Å²) < 4.78 is 112. The van der Waals surface area contributed by atoms with Crippen molar-refractivity contribution in [3.05, 3.63) is 145 Å². The van der Waals surface area contributed by atoms with E-state index in [0.29, 0.717) is 34.2 Å². The van der Waals surface area contributed by atoms with Gasteiger partial charge < -0.3 is 0 Å². The summed E-state index contributed by atoms with van der Waals surface area (Å²) in [6, 6.07) is 30.7. The molecule has 0 aliphatic carbocycles. The number of hydrogen-bond acceptors (Lipinski definition) is 12. The van der Waals surface area contributed by atoms with Crippen LogP contribution in [0.1, 0.15) is 17.5 Å². The van der Waals surface area contributed by atoms with Gasteiger partial charge in [-0.1, -0.05) is 36.4 Å². The summed E-state index contributed by atoms with van der Waals surface area (Å²) in [7, 11) is 0. The van der Waals surface area contributed by atoms with E-state index in [1.165, 1.54) is 18.2 Å². The van der Waals surface area contributed by atoms with Crippen molar-refractivity contribution >= 4 is 0 Å². The molecule has 0 aliphatic heterocycles. The average Bonchev–Trinajstić information content (AvgIpc) is 4.11. The first-order valence-corrected chi connectivity index (χ1v) is 17.8. The van der Waals surface area contributed by atoms with Gasteiger partial charge in [0.05, 0.1) is 34.2 Å². The van der Waals surface area contributed by atoms with Crippen molar-refractivity contribution in [2.75, 3.05) is 0 Å². The van der Waals surface area contributed by atoms with Gasteiger partial charge in [0.15, 0.2) is 17.5 Å². The number of pyridine rings is 6. The zero-order valence-electron chi connectivity index (χ0n) is 31.7. The number of rotatable bonds is 6. The molecule has 15 nitrogen and oxygen atoms in total. The van der Waals surface area contributed by atoms with Gasteiger partial charge in [-0.15, -0.1) is 0 Å². The van der Waals surface area contributed by atoms with Crippen LogP contribution in [0.5, 0.6) is 0 Å². The predicted molar refractivity (Wildman–Crippen MR) is 204 cm³/mol. The maximum absolute atomic E-state index is 12.5. The quantitative estimate of drug-likeness (QED) is 0.134. The van der Waals surface area contributed by atoms with Crippen LogP contribution in [0.2, 0.25) is 0 Å². The number of hydrogen-bond donors (Lipinski definition) is 3. The Balaban J connectivity index is 0.000000158. The average molecular weight is 1040 g/mol. The molecular weight excluding hydrogens is 1020 g/mol. The van der Waals surface area contributed by atoms with Crippen LogP contribution in [0.25, 0.3) is 68.7 Å². The van der Waals surface area contributed by atoms with Gasteiger partial charge in [-0.3, -0.25) is 30.2 Å². The largest absolute Gasteiger partial charge is 0.451 e. The van der Waals surface area contributed by atoms with Gasteiger partial charge in [-0.25, -0.2) is 29.9 Å². The second kappa shape index (κ2) is 20.0. The molecule has 3 N–H and O–H groups in total. The molecule has 0 saturated heterocycles. The van der Waals surface area contributed by atoms with Crippen LogP contribution < -0.4 is 0 Å².